The monoisotopic (exact) mass is 682 g/mol. The number of fused-ring (bicyclic) bond motifs is 1. The van der Waals surface area contributed by atoms with Gasteiger partial charge in [0.2, 0.25) is 18.6 Å². The van der Waals surface area contributed by atoms with E-state index in [1.54, 1.807) is 24.3 Å². The molecule has 2 amide bonds. The lowest BCUT2D eigenvalue weighted by Gasteiger charge is -2.40. The first kappa shape index (κ1) is 30.6. The van der Waals surface area contributed by atoms with Crippen LogP contribution in [0.15, 0.2) is 42.0 Å². The fourth-order valence-electron chi connectivity index (χ4n) is 4.67. The van der Waals surface area contributed by atoms with Crippen LogP contribution in [-0.2, 0) is 20.9 Å². The highest BCUT2D eigenvalue weighted by Gasteiger charge is 2.41. The van der Waals surface area contributed by atoms with E-state index in [4.69, 9.17) is 23.7 Å². The van der Waals surface area contributed by atoms with Crippen LogP contribution in [-0.4, -0.2) is 92.2 Å². The van der Waals surface area contributed by atoms with Gasteiger partial charge < -0.3 is 44.1 Å². The zero-order valence-electron chi connectivity index (χ0n) is 22.5. The van der Waals surface area contributed by atoms with Gasteiger partial charge in [0.25, 0.3) is 0 Å². The quantitative estimate of drug-likeness (QED) is 0.222. The molecule has 220 valence electrons. The maximum atomic E-state index is 13.4. The first-order chi connectivity index (χ1) is 19.8. The Hall–Kier alpha value is -3.40. The molecule has 2 aromatic carbocycles. The second-order valence-corrected chi connectivity index (χ2v) is 10.5. The Morgan fingerprint density at radius 2 is 1.98 bits per heavy atom. The molecule has 0 radical (unpaired) electrons. The van der Waals surface area contributed by atoms with E-state index < -0.39 is 30.1 Å². The van der Waals surface area contributed by atoms with Gasteiger partial charge in [0, 0.05) is 37.8 Å². The fraction of sp³-hybridized carbons (Fsp3) is 0.393. The van der Waals surface area contributed by atoms with E-state index in [9.17, 15) is 24.6 Å². The number of nitrogens with one attached hydrogen (secondary N) is 1. The molecule has 0 fully saturated rings. The standard InChI is InChI=1S/C28H31IN2O10/c1-37-14-25(34)31(12-16-3-4-21-22(8-16)40-15-39-21)20-10-18(28(36)30-5-6-32)11-23(26(20)35)41-27-19(29)7-17(13-33)9-24(27)38-2/h3-4,7-9,11,13,20,23,26,32,35H,5-6,10,12,14-15H2,1-2H3,(H,30,36). The van der Waals surface area contributed by atoms with Gasteiger partial charge in [-0.1, -0.05) is 6.07 Å². The minimum absolute atomic E-state index is 0.0105. The topological polar surface area (TPSA) is 153 Å². The highest BCUT2D eigenvalue weighted by Crippen LogP contribution is 2.38. The van der Waals surface area contributed by atoms with E-state index in [2.05, 4.69) is 5.32 Å². The summed E-state index contributed by atoms with van der Waals surface area (Å²) in [6.45, 7) is -0.316. The summed E-state index contributed by atoms with van der Waals surface area (Å²) in [5.74, 6) is 0.777. The van der Waals surface area contributed by atoms with Gasteiger partial charge in [0.1, 0.15) is 25.1 Å². The highest BCUT2D eigenvalue weighted by molar-refractivity contribution is 14.1. The van der Waals surface area contributed by atoms with Crippen LogP contribution in [0.1, 0.15) is 22.3 Å². The molecule has 4 rings (SSSR count). The van der Waals surface area contributed by atoms with Crippen molar-refractivity contribution in [2.75, 3.05) is 40.8 Å². The minimum atomic E-state index is -1.27. The number of amides is 2. The van der Waals surface area contributed by atoms with Crippen molar-refractivity contribution in [3.05, 3.63) is 56.7 Å². The summed E-state index contributed by atoms with van der Waals surface area (Å²) in [5.41, 5.74) is 1.35. The van der Waals surface area contributed by atoms with Crippen LogP contribution < -0.4 is 24.3 Å². The summed E-state index contributed by atoms with van der Waals surface area (Å²) >= 11 is 1.99. The van der Waals surface area contributed by atoms with Crippen LogP contribution in [0.3, 0.4) is 0 Å². The molecular formula is C28H31IN2O10. The Balaban J connectivity index is 1.71. The number of carbonyl (C=O) groups is 3. The highest BCUT2D eigenvalue weighted by atomic mass is 127. The van der Waals surface area contributed by atoms with Gasteiger partial charge in [-0.05, 0) is 58.5 Å². The van der Waals surface area contributed by atoms with Crippen LogP contribution >= 0.6 is 22.6 Å². The first-order valence-electron chi connectivity index (χ1n) is 12.7. The zero-order valence-corrected chi connectivity index (χ0v) is 24.7. The summed E-state index contributed by atoms with van der Waals surface area (Å²) in [6.07, 6.45) is -0.167. The van der Waals surface area contributed by atoms with Crippen molar-refractivity contribution in [3.63, 3.8) is 0 Å². The zero-order chi connectivity index (χ0) is 29.5. The Morgan fingerprint density at radius 1 is 1.20 bits per heavy atom. The summed E-state index contributed by atoms with van der Waals surface area (Å²) < 4.78 is 28.2. The number of halogens is 1. The predicted molar refractivity (Wildman–Crippen MR) is 153 cm³/mol. The van der Waals surface area contributed by atoms with Gasteiger partial charge in [-0.3, -0.25) is 14.4 Å². The van der Waals surface area contributed by atoms with Crippen molar-refractivity contribution in [2.45, 2.75) is 31.2 Å². The van der Waals surface area contributed by atoms with Crippen LogP contribution in [0.4, 0.5) is 0 Å². The second kappa shape index (κ2) is 14.0. The minimum Gasteiger partial charge on any atom is -0.493 e. The smallest absolute Gasteiger partial charge is 0.249 e. The van der Waals surface area contributed by atoms with Gasteiger partial charge in [-0.2, -0.15) is 0 Å². The molecule has 3 N–H and O–H groups in total. The third-order valence-electron chi connectivity index (χ3n) is 6.63. The molecule has 3 unspecified atom stereocenters. The van der Waals surface area contributed by atoms with Crippen LogP contribution in [0.5, 0.6) is 23.0 Å². The fourth-order valence-corrected chi connectivity index (χ4v) is 5.42. The van der Waals surface area contributed by atoms with E-state index >= 15 is 0 Å². The molecule has 12 nitrogen and oxygen atoms in total. The Labute approximate surface area is 250 Å². The molecule has 0 aromatic heterocycles. The number of benzene rings is 2. The van der Waals surface area contributed by atoms with Crippen molar-refractivity contribution in [2.24, 2.45) is 0 Å². The molecule has 0 spiro atoms. The number of methoxy groups -OCH3 is 2. The molecule has 2 aromatic rings. The Morgan fingerprint density at radius 3 is 2.68 bits per heavy atom. The third-order valence-corrected chi connectivity index (χ3v) is 7.44. The SMILES string of the molecule is COCC(=O)N(Cc1ccc2c(c1)OCO2)C1CC(C(=O)NCCO)=CC(Oc2c(I)cc(C=O)cc2OC)C1O. The average Bonchev–Trinajstić information content (AvgIpc) is 3.44. The van der Waals surface area contributed by atoms with Crippen LogP contribution in [0, 0.1) is 3.57 Å². The Bertz CT molecular complexity index is 1320. The third kappa shape index (κ3) is 7.09. The lowest BCUT2D eigenvalue weighted by molar-refractivity contribution is -0.143. The van der Waals surface area contributed by atoms with Gasteiger partial charge >= 0.3 is 0 Å². The predicted octanol–water partition coefficient (Wildman–Crippen LogP) is 1.43. The van der Waals surface area contributed by atoms with E-state index in [0.717, 1.165) is 0 Å². The van der Waals surface area contributed by atoms with Crippen LogP contribution in [0.2, 0.25) is 0 Å². The van der Waals surface area contributed by atoms with E-state index in [1.807, 2.05) is 22.6 Å². The van der Waals surface area contributed by atoms with Gasteiger partial charge in [-0.25, -0.2) is 0 Å². The second-order valence-electron chi connectivity index (χ2n) is 9.31. The molecule has 41 heavy (non-hydrogen) atoms. The summed E-state index contributed by atoms with van der Waals surface area (Å²) in [4.78, 5) is 39.2. The molecule has 2 aliphatic rings. The number of carbonyl (C=O) groups excluding carboxylic acids is 3. The van der Waals surface area contributed by atoms with Crippen LogP contribution in [0.25, 0.3) is 0 Å². The van der Waals surface area contributed by atoms with Crippen molar-refractivity contribution in [1.29, 1.82) is 0 Å². The molecule has 1 aliphatic carbocycles. The van der Waals surface area contributed by atoms with E-state index in [1.165, 1.54) is 31.3 Å². The number of hydrogen-bond acceptors (Lipinski definition) is 10. The maximum absolute atomic E-state index is 13.4. The lowest BCUT2D eigenvalue weighted by Crippen LogP contribution is -2.55. The number of aliphatic hydroxyl groups excluding tert-OH is 2. The number of rotatable bonds is 12. The van der Waals surface area contributed by atoms with Gasteiger partial charge in [0.15, 0.2) is 23.0 Å². The lowest BCUT2D eigenvalue weighted by atomic mass is 9.87. The first-order valence-corrected chi connectivity index (χ1v) is 13.8. The van der Waals surface area contributed by atoms with E-state index in [-0.39, 0.29) is 56.6 Å². The molecule has 3 atom stereocenters. The van der Waals surface area contributed by atoms with Gasteiger partial charge in [0.05, 0.1) is 23.3 Å². The van der Waals surface area contributed by atoms with E-state index in [0.29, 0.717) is 32.5 Å². The van der Waals surface area contributed by atoms with Crippen molar-refractivity contribution in [3.8, 4) is 23.0 Å². The number of ether oxygens (including phenoxy) is 5. The molecule has 0 saturated heterocycles. The average molecular weight is 682 g/mol. The molecule has 0 saturated carbocycles. The summed E-state index contributed by atoms with van der Waals surface area (Å²) in [5, 5.41) is 23.5. The Kier molecular flexibility index (Phi) is 10.4. The number of hydrogen-bond donors (Lipinski definition) is 3. The number of aldehydes is 1. The van der Waals surface area contributed by atoms with Crippen molar-refractivity contribution in [1.82, 2.24) is 10.2 Å². The molecular weight excluding hydrogens is 651 g/mol. The number of aliphatic hydroxyl groups is 2. The molecule has 1 aliphatic heterocycles. The number of nitrogens with zero attached hydrogens (tertiary/aromatic N) is 1. The molecule has 1 heterocycles. The maximum Gasteiger partial charge on any atom is 0.249 e. The normalized spacial score (nSPS) is 19.2. The van der Waals surface area contributed by atoms with Crippen molar-refractivity contribution < 1.29 is 48.3 Å². The molecule has 13 heteroatoms. The largest absolute Gasteiger partial charge is 0.493 e. The summed E-state index contributed by atoms with van der Waals surface area (Å²) in [7, 11) is 2.82. The molecule has 0 bridgehead atoms. The van der Waals surface area contributed by atoms with Gasteiger partial charge in [-0.15, -0.1) is 0 Å². The summed E-state index contributed by atoms with van der Waals surface area (Å²) in [6, 6.07) is 7.49. The van der Waals surface area contributed by atoms with Crippen molar-refractivity contribution >= 4 is 40.7 Å².